The number of aliphatic hydroxyl groups excluding tert-OH is 2. The predicted molar refractivity (Wildman–Crippen MR) is 145 cm³/mol. The van der Waals surface area contributed by atoms with Gasteiger partial charge in [-0.2, -0.15) is 0 Å². The number of morpholine rings is 1. The van der Waals surface area contributed by atoms with E-state index in [1.54, 1.807) is 11.3 Å². The van der Waals surface area contributed by atoms with Gasteiger partial charge in [0.25, 0.3) is 0 Å². The van der Waals surface area contributed by atoms with Crippen LogP contribution < -0.4 is 10.6 Å². The normalized spacial score (nSPS) is 31.8. The quantitative estimate of drug-likeness (QED) is 0.417. The third-order valence-corrected chi connectivity index (χ3v) is 10.2. The van der Waals surface area contributed by atoms with Crippen molar-refractivity contribution in [1.82, 2.24) is 15.2 Å². The maximum Gasteiger partial charge on any atom is 0.220 e. The van der Waals surface area contributed by atoms with E-state index in [1.165, 1.54) is 0 Å². The molecule has 1 saturated heterocycles. The standard InChI is InChI=1S/C28H40N4O4S/c1-27-9-8-23(34)28(2,18-33)22(27)17-21-25(31-26(37-21)30-19-6-4-3-5-7-19)20(27)16-24(35)29-10-11-32-12-14-36-15-13-32/h3-7,20,22-23,33-34H,8-18H2,1-2H3,(H,29,35)(H,30,31)/t20-,22+,23-,27+,28+/m1/s1. The van der Waals surface area contributed by atoms with Crippen molar-refractivity contribution >= 4 is 28.1 Å². The second-order valence-electron chi connectivity index (χ2n) is 11.4. The number of thiazole rings is 1. The molecule has 9 heteroatoms. The Labute approximate surface area is 223 Å². The number of ether oxygens (including phenoxy) is 1. The minimum atomic E-state index is -0.618. The van der Waals surface area contributed by atoms with E-state index in [1.807, 2.05) is 37.3 Å². The summed E-state index contributed by atoms with van der Waals surface area (Å²) in [7, 11) is 0. The lowest BCUT2D eigenvalue weighted by atomic mass is 9.47. The highest BCUT2D eigenvalue weighted by atomic mass is 32.1. The van der Waals surface area contributed by atoms with Crippen LogP contribution in [-0.4, -0.2) is 78.1 Å². The largest absolute Gasteiger partial charge is 0.396 e. The molecule has 2 aromatic rings. The number of aliphatic hydroxyl groups is 2. The maximum atomic E-state index is 13.3. The van der Waals surface area contributed by atoms with Crippen LogP contribution in [0.25, 0.3) is 0 Å². The molecule has 1 aromatic heterocycles. The molecule has 0 spiro atoms. The van der Waals surface area contributed by atoms with Crippen LogP contribution in [0.3, 0.4) is 0 Å². The minimum Gasteiger partial charge on any atom is -0.396 e. The Kier molecular flexibility index (Phi) is 7.88. The van der Waals surface area contributed by atoms with Gasteiger partial charge in [-0.15, -0.1) is 11.3 Å². The summed E-state index contributed by atoms with van der Waals surface area (Å²) in [4.78, 5) is 21.8. The average molecular weight is 529 g/mol. The van der Waals surface area contributed by atoms with Gasteiger partial charge in [0.1, 0.15) is 0 Å². The third-order valence-electron chi connectivity index (χ3n) is 9.16. The fourth-order valence-electron chi connectivity index (χ4n) is 6.78. The molecule has 0 unspecified atom stereocenters. The van der Waals surface area contributed by atoms with Crippen molar-refractivity contribution in [2.45, 2.75) is 51.6 Å². The molecular weight excluding hydrogens is 488 g/mol. The molecule has 4 N–H and O–H groups in total. The smallest absolute Gasteiger partial charge is 0.220 e. The maximum absolute atomic E-state index is 13.3. The highest BCUT2D eigenvalue weighted by Gasteiger charge is 2.59. The number of carbonyl (C=O) groups is 1. The molecule has 8 nitrogen and oxygen atoms in total. The molecule has 2 heterocycles. The second kappa shape index (κ2) is 11.0. The Bertz CT molecular complexity index is 1080. The van der Waals surface area contributed by atoms with E-state index in [0.29, 0.717) is 19.4 Å². The number of rotatable bonds is 8. The molecule has 5 rings (SSSR count). The van der Waals surface area contributed by atoms with E-state index in [-0.39, 0.29) is 29.8 Å². The van der Waals surface area contributed by atoms with E-state index in [4.69, 9.17) is 9.72 Å². The van der Waals surface area contributed by atoms with E-state index < -0.39 is 11.5 Å². The number of benzene rings is 1. The van der Waals surface area contributed by atoms with Crippen LogP contribution in [-0.2, 0) is 16.0 Å². The lowest BCUT2D eigenvalue weighted by molar-refractivity contribution is -0.144. The summed E-state index contributed by atoms with van der Waals surface area (Å²) in [6.45, 7) is 8.92. The van der Waals surface area contributed by atoms with Gasteiger partial charge >= 0.3 is 0 Å². The Hall–Kier alpha value is -2.04. The molecule has 3 aliphatic rings. The lowest BCUT2D eigenvalue weighted by Crippen LogP contribution is -2.57. The SMILES string of the molecule is C[C@]1(CO)[C@H]2Cc3sc(Nc4ccccc4)nc3[C@@H](CC(=O)NCCN3CCOCC3)[C@]2(C)CC[C@H]1O. The predicted octanol–water partition coefficient (Wildman–Crippen LogP) is 3.14. The number of fused-ring (bicyclic) bond motifs is 2. The number of aromatic nitrogens is 1. The summed E-state index contributed by atoms with van der Waals surface area (Å²) >= 11 is 1.63. The Balaban J connectivity index is 1.39. The Morgan fingerprint density at radius 2 is 2.00 bits per heavy atom. The monoisotopic (exact) mass is 528 g/mol. The van der Waals surface area contributed by atoms with Gasteiger partial charge in [-0.3, -0.25) is 9.69 Å². The molecule has 1 amide bonds. The first-order valence-corrected chi connectivity index (χ1v) is 14.3. The molecule has 37 heavy (non-hydrogen) atoms. The molecule has 0 bridgehead atoms. The molecule has 2 aliphatic carbocycles. The van der Waals surface area contributed by atoms with Crippen molar-refractivity contribution in [3.05, 3.63) is 40.9 Å². The zero-order valence-electron chi connectivity index (χ0n) is 21.9. The van der Waals surface area contributed by atoms with E-state index in [0.717, 1.165) is 67.1 Å². The number of hydrogen-bond donors (Lipinski definition) is 4. The number of anilines is 2. The summed E-state index contributed by atoms with van der Waals surface area (Å²) in [5, 5.41) is 28.8. The van der Waals surface area contributed by atoms with E-state index in [9.17, 15) is 15.0 Å². The van der Waals surface area contributed by atoms with E-state index in [2.05, 4.69) is 22.5 Å². The van der Waals surface area contributed by atoms with Crippen LogP contribution >= 0.6 is 11.3 Å². The molecule has 1 aromatic carbocycles. The van der Waals surface area contributed by atoms with Gasteiger partial charge in [0.2, 0.25) is 5.91 Å². The molecule has 1 aliphatic heterocycles. The lowest BCUT2D eigenvalue weighted by Gasteiger charge is -2.58. The summed E-state index contributed by atoms with van der Waals surface area (Å²) in [6, 6.07) is 9.99. The van der Waals surface area contributed by atoms with Crippen LogP contribution in [0.1, 0.15) is 49.6 Å². The number of carbonyl (C=O) groups excluding carboxylic acids is 1. The van der Waals surface area contributed by atoms with Crippen molar-refractivity contribution in [3.8, 4) is 0 Å². The zero-order chi connectivity index (χ0) is 26.0. The third kappa shape index (κ3) is 5.29. The van der Waals surface area contributed by atoms with Crippen molar-refractivity contribution < 1.29 is 19.7 Å². The van der Waals surface area contributed by atoms with Gasteiger partial charge in [-0.1, -0.05) is 32.0 Å². The van der Waals surface area contributed by atoms with Crippen LogP contribution in [0.4, 0.5) is 10.8 Å². The van der Waals surface area contributed by atoms with Crippen LogP contribution in [0, 0.1) is 16.7 Å². The van der Waals surface area contributed by atoms with Gasteiger partial charge in [-0.05, 0) is 42.7 Å². The van der Waals surface area contributed by atoms with Crippen LogP contribution in [0.2, 0.25) is 0 Å². The van der Waals surface area contributed by atoms with Crippen molar-refractivity contribution in [3.63, 3.8) is 0 Å². The number of hydrogen-bond acceptors (Lipinski definition) is 8. The first kappa shape index (κ1) is 26.6. The summed E-state index contributed by atoms with van der Waals surface area (Å²) in [5.74, 6) is 0.0106. The fraction of sp³-hybridized carbons (Fsp3) is 0.643. The number of amides is 1. The second-order valence-corrected chi connectivity index (χ2v) is 12.4. The molecule has 2 fully saturated rings. The summed E-state index contributed by atoms with van der Waals surface area (Å²) in [5.41, 5.74) is 1.11. The molecule has 202 valence electrons. The topological polar surface area (TPSA) is 107 Å². The average Bonchev–Trinajstić information content (AvgIpc) is 3.31. The number of nitrogens with zero attached hydrogens (tertiary/aromatic N) is 2. The van der Waals surface area contributed by atoms with Crippen molar-refractivity contribution in [2.75, 3.05) is 51.3 Å². The van der Waals surface area contributed by atoms with Gasteiger partial charge in [-0.25, -0.2) is 4.98 Å². The molecule has 1 saturated carbocycles. The minimum absolute atomic E-state index is 0.0356. The van der Waals surface area contributed by atoms with Gasteiger partial charge in [0.05, 0.1) is 31.6 Å². The van der Waals surface area contributed by atoms with Gasteiger partial charge in [0, 0.05) is 54.5 Å². The highest BCUT2D eigenvalue weighted by Crippen LogP contribution is 2.62. The van der Waals surface area contributed by atoms with Gasteiger partial charge < -0.3 is 25.6 Å². The zero-order valence-corrected chi connectivity index (χ0v) is 22.7. The Morgan fingerprint density at radius 3 is 2.73 bits per heavy atom. The Morgan fingerprint density at radius 1 is 1.24 bits per heavy atom. The molecule has 0 radical (unpaired) electrons. The first-order valence-electron chi connectivity index (χ1n) is 13.5. The van der Waals surface area contributed by atoms with Crippen molar-refractivity contribution in [2.24, 2.45) is 16.7 Å². The number of para-hydroxylation sites is 1. The fourth-order valence-corrected chi connectivity index (χ4v) is 7.87. The first-order chi connectivity index (χ1) is 17.8. The molecule has 5 atom stereocenters. The van der Waals surface area contributed by atoms with Crippen LogP contribution in [0.5, 0.6) is 0 Å². The van der Waals surface area contributed by atoms with Crippen LogP contribution in [0.15, 0.2) is 30.3 Å². The molecular formula is C28H40N4O4S. The van der Waals surface area contributed by atoms with E-state index >= 15 is 0 Å². The highest BCUT2D eigenvalue weighted by molar-refractivity contribution is 7.15. The number of nitrogens with one attached hydrogen (secondary N) is 2. The summed E-state index contributed by atoms with van der Waals surface area (Å²) < 4.78 is 5.42. The van der Waals surface area contributed by atoms with Crippen molar-refractivity contribution in [1.29, 1.82) is 0 Å². The van der Waals surface area contributed by atoms with Gasteiger partial charge in [0.15, 0.2) is 5.13 Å². The summed E-state index contributed by atoms with van der Waals surface area (Å²) in [6.07, 6.45) is 1.97.